The van der Waals surface area contributed by atoms with E-state index in [4.69, 9.17) is 16.3 Å². The highest BCUT2D eigenvalue weighted by atomic mass is 35.5. The van der Waals surface area contributed by atoms with Crippen molar-refractivity contribution >= 4 is 17.6 Å². The first-order valence-corrected chi connectivity index (χ1v) is 8.84. The van der Waals surface area contributed by atoms with Crippen molar-refractivity contribution in [3.05, 3.63) is 29.0 Å². The lowest BCUT2D eigenvalue weighted by Crippen LogP contribution is -2.37. The number of carbonyl (C=O) groups is 1. The van der Waals surface area contributed by atoms with Gasteiger partial charge >= 0.3 is 5.97 Å². The fourth-order valence-corrected chi connectivity index (χ4v) is 3.32. The molecule has 1 unspecified atom stereocenters. The van der Waals surface area contributed by atoms with Gasteiger partial charge in [0.05, 0.1) is 23.2 Å². The Bertz CT molecular complexity index is 508. The molecular weight excluding hydrogens is 314 g/mol. The molecule has 0 saturated heterocycles. The van der Waals surface area contributed by atoms with Gasteiger partial charge in [-0.15, -0.1) is 0 Å². The molecule has 0 aromatic carbocycles. The third kappa shape index (κ3) is 4.67. The zero-order chi connectivity index (χ0) is 16.9. The molecule has 0 amide bonds. The molecule has 0 aliphatic heterocycles. The predicted octanol–water partition coefficient (Wildman–Crippen LogP) is 4.09. The average molecular weight is 340 g/mol. The smallest absolute Gasteiger partial charge is 0.308 e. The number of hydrogen-bond donors (Lipinski definition) is 1. The van der Waals surface area contributed by atoms with Crippen LogP contribution in [0.2, 0.25) is 5.02 Å². The molecule has 1 heterocycles. The Kier molecular flexibility index (Phi) is 6.42. The summed E-state index contributed by atoms with van der Waals surface area (Å²) in [7, 11) is 0. The second-order valence-electron chi connectivity index (χ2n) is 6.58. The van der Waals surface area contributed by atoms with Crippen molar-refractivity contribution in [3.8, 4) is 0 Å². The largest absolute Gasteiger partial charge is 0.465 e. The van der Waals surface area contributed by atoms with Crippen molar-refractivity contribution < 1.29 is 14.6 Å². The van der Waals surface area contributed by atoms with Gasteiger partial charge in [0.2, 0.25) is 0 Å². The number of esters is 1. The number of halogens is 1. The summed E-state index contributed by atoms with van der Waals surface area (Å²) in [6.45, 7) is 4.39. The van der Waals surface area contributed by atoms with Crippen LogP contribution >= 0.6 is 11.6 Å². The van der Waals surface area contributed by atoms with Gasteiger partial charge in [0.1, 0.15) is 5.60 Å². The summed E-state index contributed by atoms with van der Waals surface area (Å²) in [4.78, 5) is 16.3. The highest BCUT2D eigenvalue weighted by Crippen LogP contribution is 2.40. The predicted molar refractivity (Wildman–Crippen MR) is 90.1 cm³/mol. The lowest BCUT2D eigenvalue weighted by Gasteiger charge is -2.37. The molecule has 0 radical (unpaired) electrons. The van der Waals surface area contributed by atoms with Gasteiger partial charge in [0.15, 0.2) is 0 Å². The van der Waals surface area contributed by atoms with E-state index in [0.29, 0.717) is 17.3 Å². The SMILES string of the molecule is CCCCOC(=O)C1CCC(C(C)(O)c2ccc(Cl)cn2)CC1. The van der Waals surface area contributed by atoms with E-state index >= 15 is 0 Å². The molecule has 23 heavy (non-hydrogen) atoms. The van der Waals surface area contributed by atoms with Crippen molar-refractivity contribution in [2.75, 3.05) is 6.61 Å². The van der Waals surface area contributed by atoms with E-state index in [-0.39, 0.29) is 17.8 Å². The standard InChI is InChI=1S/C18H26ClNO3/c1-3-4-11-23-17(21)13-5-7-14(8-6-13)18(2,22)16-10-9-15(19)12-20-16/h9-10,12-14,22H,3-8,11H2,1-2H3. The Labute approximate surface area is 143 Å². The second-order valence-corrected chi connectivity index (χ2v) is 7.02. The molecule has 128 valence electrons. The molecule has 1 aliphatic rings. The number of pyridine rings is 1. The minimum atomic E-state index is -0.998. The van der Waals surface area contributed by atoms with Crippen molar-refractivity contribution in [2.45, 2.75) is 58.0 Å². The normalized spacial score (nSPS) is 24.0. The van der Waals surface area contributed by atoms with Crippen LogP contribution in [0.15, 0.2) is 18.3 Å². The van der Waals surface area contributed by atoms with Gasteiger partial charge in [-0.3, -0.25) is 9.78 Å². The number of ether oxygens (including phenoxy) is 1. The number of rotatable bonds is 6. The molecule has 1 N–H and O–H groups in total. The maximum Gasteiger partial charge on any atom is 0.308 e. The van der Waals surface area contributed by atoms with Crippen LogP contribution < -0.4 is 0 Å². The molecule has 5 heteroatoms. The molecule has 4 nitrogen and oxygen atoms in total. The molecule has 0 bridgehead atoms. The third-order valence-electron chi connectivity index (χ3n) is 4.84. The first-order chi connectivity index (χ1) is 10.9. The van der Waals surface area contributed by atoms with Crippen LogP contribution in [0.1, 0.15) is 58.1 Å². The van der Waals surface area contributed by atoms with Gasteiger partial charge in [-0.05, 0) is 57.1 Å². The van der Waals surface area contributed by atoms with Gasteiger partial charge in [0.25, 0.3) is 0 Å². The van der Waals surface area contributed by atoms with Crippen molar-refractivity contribution in [3.63, 3.8) is 0 Å². The van der Waals surface area contributed by atoms with E-state index in [9.17, 15) is 9.90 Å². The van der Waals surface area contributed by atoms with Crippen molar-refractivity contribution in [2.24, 2.45) is 11.8 Å². The number of hydrogen-bond acceptors (Lipinski definition) is 4. The molecule has 1 aliphatic carbocycles. The van der Waals surface area contributed by atoms with Crippen LogP contribution in [0.4, 0.5) is 0 Å². The summed E-state index contributed by atoms with van der Waals surface area (Å²) in [5, 5.41) is 11.4. The number of aromatic nitrogens is 1. The summed E-state index contributed by atoms with van der Waals surface area (Å²) >= 11 is 5.86. The first-order valence-electron chi connectivity index (χ1n) is 8.46. The summed E-state index contributed by atoms with van der Waals surface area (Å²) in [5.74, 6) is -0.0193. The van der Waals surface area contributed by atoms with Gasteiger partial charge in [-0.2, -0.15) is 0 Å². The summed E-state index contributed by atoms with van der Waals surface area (Å²) in [6, 6.07) is 3.52. The minimum Gasteiger partial charge on any atom is -0.465 e. The molecule has 1 atom stereocenters. The maximum atomic E-state index is 12.0. The van der Waals surface area contributed by atoms with Crippen LogP contribution in [0.25, 0.3) is 0 Å². The van der Waals surface area contributed by atoms with E-state index < -0.39 is 5.60 Å². The molecule has 1 aromatic rings. The van der Waals surface area contributed by atoms with Crippen LogP contribution in [-0.4, -0.2) is 22.7 Å². The number of aliphatic hydroxyl groups is 1. The fraction of sp³-hybridized carbons (Fsp3) is 0.667. The van der Waals surface area contributed by atoms with Crippen LogP contribution in [-0.2, 0) is 15.1 Å². The molecule has 1 fully saturated rings. The zero-order valence-electron chi connectivity index (χ0n) is 13.9. The van der Waals surface area contributed by atoms with E-state index in [1.807, 2.05) is 0 Å². The molecule has 2 rings (SSSR count). The summed E-state index contributed by atoms with van der Waals surface area (Å²) in [5.41, 5.74) is -0.363. The monoisotopic (exact) mass is 339 g/mol. The Morgan fingerprint density at radius 1 is 1.39 bits per heavy atom. The summed E-state index contributed by atoms with van der Waals surface area (Å²) < 4.78 is 5.31. The van der Waals surface area contributed by atoms with E-state index in [0.717, 1.165) is 38.5 Å². The average Bonchev–Trinajstić information content (AvgIpc) is 2.55. The Morgan fingerprint density at radius 3 is 2.65 bits per heavy atom. The highest BCUT2D eigenvalue weighted by Gasteiger charge is 2.39. The minimum absolute atomic E-state index is 0.0305. The number of nitrogens with zero attached hydrogens (tertiary/aromatic N) is 1. The zero-order valence-corrected chi connectivity index (χ0v) is 14.7. The van der Waals surface area contributed by atoms with Crippen LogP contribution in [0, 0.1) is 11.8 Å². The number of unbranched alkanes of at least 4 members (excludes halogenated alkanes) is 1. The van der Waals surface area contributed by atoms with Crippen molar-refractivity contribution in [1.82, 2.24) is 4.98 Å². The Morgan fingerprint density at radius 2 is 2.09 bits per heavy atom. The van der Waals surface area contributed by atoms with E-state index in [1.165, 1.54) is 0 Å². The van der Waals surface area contributed by atoms with Gasteiger partial charge < -0.3 is 9.84 Å². The maximum absolute atomic E-state index is 12.0. The lowest BCUT2D eigenvalue weighted by atomic mass is 9.73. The quantitative estimate of drug-likeness (QED) is 0.626. The van der Waals surface area contributed by atoms with Gasteiger partial charge in [-0.1, -0.05) is 24.9 Å². The van der Waals surface area contributed by atoms with Crippen LogP contribution in [0.5, 0.6) is 0 Å². The topological polar surface area (TPSA) is 59.4 Å². The lowest BCUT2D eigenvalue weighted by molar-refractivity contribution is -0.151. The molecular formula is C18H26ClNO3. The summed E-state index contributed by atoms with van der Waals surface area (Å²) in [6.07, 6.45) is 6.62. The molecule has 1 saturated carbocycles. The van der Waals surface area contributed by atoms with Gasteiger partial charge in [0, 0.05) is 6.20 Å². The van der Waals surface area contributed by atoms with E-state index in [1.54, 1.807) is 25.3 Å². The van der Waals surface area contributed by atoms with Gasteiger partial charge in [-0.25, -0.2) is 0 Å². The Balaban J connectivity index is 1.90. The fourth-order valence-electron chi connectivity index (χ4n) is 3.21. The molecule has 1 aromatic heterocycles. The van der Waals surface area contributed by atoms with Crippen LogP contribution in [0.3, 0.4) is 0 Å². The number of carbonyl (C=O) groups excluding carboxylic acids is 1. The third-order valence-corrected chi connectivity index (χ3v) is 5.07. The molecule has 0 spiro atoms. The van der Waals surface area contributed by atoms with E-state index in [2.05, 4.69) is 11.9 Å². The Hall–Kier alpha value is -1.13. The highest BCUT2D eigenvalue weighted by molar-refractivity contribution is 6.30. The second kappa shape index (κ2) is 8.11. The first kappa shape index (κ1) is 18.2. The van der Waals surface area contributed by atoms with Crippen molar-refractivity contribution in [1.29, 1.82) is 0 Å².